The summed E-state index contributed by atoms with van der Waals surface area (Å²) in [5.41, 5.74) is -0.0394. The molecule has 4 nitrogen and oxygen atoms in total. The highest BCUT2D eigenvalue weighted by Crippen LogP contribution is 2.31. The zero-order valence-electron chi connectivity index (χ0n) is 9.54. The first-order valence-electron chi connectivity index (χ1n) is 5.14. The van der Waals surface area contributed by atoms with Crippen LogP contribution in [-0.2, 0) is 10.2 Å². The van der Waals surface area contributed by atoms with Crippen molar-refractivity contribution in [3.8, 4) is 10.6 Å². The van der Waals surface area contributed by atoms with Crippen molar-refractivity contribution in [2.24, 2.45) is 0 Å². The normalized spacial score (nSPS) is 11.4. The number of benzene rings is 1. The number of hydrogen-bond acceptors (Lipinski definition) is 4. The molecule has 0 aliphatic rings. The van der Waals surface area contributed by atoms with E-state index in [1.165, 1.54) is 11.3 Å². The average Bonchev–Trinajstić information content (AvgIpc) is 2.80. The second-order valence-corrected chi connectivity index (χ2v) is 5.19. The van der Waals surface area contributed by atoms with Crippen LogP contribution in [0.2, 0.25) is 0 Å². The molecular formula is C12H12N2O2S. The highest BCUT2D eigenvalue weighted by molar-refractivity contribution is 7.14. The van der Waals surface area contributed by atoms with Crippen LogP contribution in [0.1, 0.15) is 18.9 Å². The average molecular weight is 248 g/mol. The maximum atomic E-state index is 11.1. The van der Waals surface area contributed by atoms with Gasteiger partial charge in [-0.1, -0.05) is 41.7 Å². The number of carbonyl (C=O) groups is 1. The molecule has 0 saturated carbocycles. The summed E-state index contributed by atoms with van der Waals surface area (Å²) in [6, 6.07) is 9.61. The minimum absolute atomic E-state index is 0.517. The van der Waals surface area contributed by atoms with Crippen LogP contribution >= 0.6 is 11.3 Å². The predicted octanol–water partition coefficient (Wildman–Crippen LogP) is 2.57. The molecule has 0 spiro atoms. The number of aromatic nitrogens is 2. The van der Waals surface area contributed by atoms with Crippen LogP contribution in [0.15, 0.2) is 30.3 Å². The number of carboxylic acid groups (broad SMARTS) is 1. The first-order valence-corrected chi connectivity index (χ1v) is 5.96. The molecule has 0 saturated heterocycles. The molecule has 0 aliphatic heterocycles. The van der Waals surface area contributed by atoms with Gasteiger partial charge in [-0.05, 0) is 13.8 Å². The quantitative estimate of drug-likeness (QED) is 0.906. The lowest BCUT2D eigenvalue weighted by atomic mass is 9.95. The zero-order chi connectivity index (χ0) is 12.5. The topological polar surface area (TPSA) is 63.1 Å². The fourth-order valence-corrected chi connectivity index (χ4v) is 2.21. The van der Waals surface area contributed by atoms with Crippen molar-refractivity contribution < 1.29 is 9.90 Å². The maximum Gasteiger partial charge on any atom is 0.316 e. The first-order chi connectivity index (χ1) is 8.01. The monoisotopic (exact) mass is 248 g/mol. The van der Waals surface area contributed by atoms with Gasteiger partial charge in [0.1, 0.15) is 15.4 Å². The minimum atomic E-state index is -0.995. The molecule has 0 fully saturated rings. The smallest absolute Gasteiger partial charge is 0.316 e. The Kier molecular flexibility index (Phi) is 2.93. The summed E-state index contributed by atoms with van der Waals surface area (Å²) in [6.07, 6.45) is 0. The molecule has 5 heteroatoms. The van der Waals surface area contributed by atoms with Gasteiger partial charge in [-0.2, -0.15) is 0 Å². The van der Waals surface area contributed by atoms with E-state index < -0.39 is 11.4 Å². The third kappa shape index (κ3) is 2.19. The largest absolute Gasteiger partial charge is 0.481 e. The molecule has 0 unspecified atom stereocenters. The number of hydrogen-bond donors (Lipinski definition) is 1. The SMILES string of the molecule is CC(C)(C(=O)O)c1nnc(-c2ccccc2)s1. The van der Waals surface area contributed by atoms with Gasteiger partial charge in [-0.3, -0.25) is 4.79 Å². The summed E-state index contributed by atoms with van der Waals surface area (Å²) >= 11 is 1.32. The molecule has 88 valence electrons. The summed E-state index contributed by atoms with van der Waals surface area (Å²) in [5.74, 6) is -0.895. The van der Waals surface area contributed by atoms with Crippen LogP contribution < -0.4 is 0 Å². The van der Waals surface area contributed by atoms with Crippen molar-refractivity contribution in [1.29, 1.82) is 0 Å². The van der Waals surface area contributed by atoms with Crippen LogP contribution in [0.25, 0.3) is 10.6 Å². The number of aliphatic carboxylic acids is 1. The zero-order valence-corrected chi connectivity index (χ0v) is 10.4. The van der Waals surface area contributed by atoms with Crippen LogP contribution in [0.4, 0.5) is 0 Å². The third-order valence-corrected chi connectivity index (χ3v) is 3.81. The maximum absolute atomic E-state index is 11.1. The lowest BCUT2D eigenvalue weighted by Crippen LogP contribution is -2.28. The van der Waals surface area contributed by atoms with E-state index in [-0.39, 0.29) is 0 Å². The van der Waals surface area contributed by atoms with Crippen molar-refractivity contribution in [3.63, 3.8) is 0 Å². The van der Waals surface area contributed by atoms with Crippen molar-refractivity contribution in [2.75, 3.05) is 0 Å². The van der Waals surface area contributed by atoms with Crippen molar-refractivity contribution in [2.45, 2.75) is 19.3 Å². The summed E-state index contributed by atoms with van der Waals surface area (Å²) in [5, 5.41) is 18.4. The Hall–Kier alpha value is -1.75. The Morgan fingerprint density at radius 2 is 1.88 bits per heavy atom. The van der Waals surface area contributed by atoms with E-state index in [2.05, 4.69) is 10.2 Å². The standard InChI is InChI=1S/C12H12N2O2S/c1-12(2,11(15)16)10-14-13-9(17-10)8-6-4-3-5-7-8/h3-7H,1-2H3,(H,15,16). The summed E-state index contributed by atoms with van der Waals surface area (Å²) in [7, 11) is 0. The van der Waals surface area contributed by atoms with Gasteiger partial charge >= 0.3 is 5.97 Å². The summed E-state index contributed by atoms with van der Waals surface area (Å²) in [4.78, 5) is 11.1. The Balaban J connectivity index is 2.38. The Labute approximate surface area is 103 Å². The highest BCUT2D eigenvalue weighted by Gasteiger charge is 2.33. The molecule has 0 amide bonds. The van der Waals surface area contributed by atoms with Crippen LogP contribution in [0.3, 0.4) is 0 Å². The molecular weight excluding hydrogens is 236 g/mol. The van der Waals surface area contributed by atoms with E-state index in [1.54, 1.807) is 13.8 Å². The van der Waals surface area contributed by atoms with Gasteiger partial charge in [0.15, 0.2) is 0 Å². The Morgan fingerprint density at radius 1 is 1.24 bits per heavy atom. The van der Waals surface area contributed by atoms with E-state index in [9.17, 15) is 4.79 Å². The molecule has 1 heterocycles. The molecule has 2 rings (SSSR count). The van der Waals surface area contributed by atoms with Crippen LogP contribution in [-0.4, -0.2) is 21.3 Å². The van der Waals surface area contributed by atoms with Crippen molar-refractivity contribution in [1.82, 2.24) is 10.2 Å². The second kappa shape index (κ2) is 4.25. The van der Waals surface area contributed by atoms with Gasteiger partial charge in [0.2, 0.25) is 0 Å². The summed E-state index contributed by atoms with van der Waals surface area (Å²) in [6.45, 7) is 3.26. The molecule has 0 aliphatic carbocycles. The van der Waals surface area contributed by atoms with E-state index in [1.807, 2.05) is 30.3 Å². The number of rotatable bonds is 3. The molecule has 17 heavy (non-hydrogen) atoms. The van der Waals surface area contributed by atoms with Gasteiger partial charge in [0, 0.05) is 5.56 Å². The lowest BCUT2D eigenvalue weighted by Gasteiger charge is -2.13. The fourth-order valence-electron chi connectivity index (χ4n) is 1.26. The number of nitrogens with zero attached hydrogens (tertiary/aromatic N) is 2. The van der Waals surface area contributed by atoms with Crippen molar-refractivity contribution in [3.05, 3.63) is 35.3 Å². The third-order valence-electron chi connectivity index (χ3n) is 2.52. The van der Waals surface area contributed by atoms with Gasteiger partial charge in [-0.15, -0.1) is 10.2 Å². The Morgan fingerprint density at radius 3 is 2.47 bits per heavy atom. The highest BCUT2D eigenvalue weighted by atomic mass is 32.1. The molecule has 0 atom stereocenters. The summed E-state index contributed by atoms with van der Waals surface area (Å²) < 4.78 is 0. The van der Waals surface area contributed by atoms with Crippen LogP contribution in [0.5, 0.6) is 0 Å². The van der Waals surface area contributed by atoms with E-state index in [0.717, 1.165) is 10.6 Å². The molecule has 0 bridgehead atoms. The van der Waals surface area contributed by atoms with Gasteiger partial charge in [0.05, 0.1) is 0 Å². The van der Waals surface area contributed by atoms with E-state index >= 15 is 0 Å². The Bertz CT molecular complexity index is 534. The minimum Gasteiger partial charge on any atom is -0.481 e. The molecule has 0 radical (unpaired) electrons. The second-order valence-electron chi connectivity index (χ2n) is 4.21. The molecule has 1 aromatic carbocycles. The van der Waals surface area contributed by atoms with Crippen LogP contribution in [0, 0.1) is 0 Å². The van der Waals surface area contributed by atoms with Gasteiger partial charge in [-0.25, -0.2) is 0 Å². The number of carboxylic acids is 1. The van der Waals surface area contributed by atoms with E-state index in [0.29, 0.717) is 5.01 Å². The molecule has 2 aromatic rings. The van der Waals surface area contributed by atoms with E-state index in [4.69, 9.17) is 5.11 Å². The molecule has 1 N–H and O–H groups in total. The van der Waals surface area contributed by atoms with Crippen molar-refractivity contribution >= 4 is 17.3 Å². The fraction of sp³-hybridized carbons (Fsp3) is 0.250. The lowest BCUT2D eigenvalue weighted by molar-refractivity contribution is -0.142. The first kappa shape index (κ1) is 11.7. The van der Waals surface area contributed by atoms with Gasteiger partial charge < -0.3 is 5.11 Å². The van der Waals surface area contributed by atoms with Gasteiger partial charge in [0.25, 0.3) is 0 Å². The predicted molar refractivity (Wildman–Crippen MR) is 66.0 cm³/mol. The molecule has 1 aromatic heterocycles.